The first-order valence-corrected chi connectivity index (χ1v) is 12.0. The molecular weight excluding hydrogens is 424 g/mol. The van der Waals surface area contributed by atoms with E-state index in [1.165, 1.54) is 17.5 Å². The van der Waals surface area contributed by atoms with E-state index >= 15 is 0 Å². The average molecular weight is 449 g/mol. The van der Waals surface area contributed by atoms with Crippen molar-refractivity contribution in [2.45, 2.75) is 23.3 Å². The normalized spacial score (nSPS) is 22.2. The molecule has 1 spiro atoms. The van der Waals surface area contributed by atoms with Crippen LogP contribution in [0.3, 0.4) is 0 Å². The van der Waals surface area contributed by atoms with Crippen LogP contribution < -0.4 is 9.64 Å². The topological polar surface area (TPSA) is 72.9 Å². The zero-order valence-electron chi connectivity index (χ0n) is 17.8. The first kappa shape index (κ1) is 20.9. The van der Waals surface area contributed by atoms with Gasteiger partial charge in [-0.15, -0.1) is 4.31 Å². The predicted molar refractivity (Wildman–Crippen MR) is 122 cm³/mol. The minimum atomic E-state index is -3.75. The summed E-state index contributed by atoms with van der Waals surface area (Å²) < 4.78 is 33.4. The molecule has 2 aliphatic rings. The van der Waals surface area contributed by atoms with E-state index in [1.54, 1.807) is 23.1 Å². The van der Waals surface area contributed by atoms with Crippen molar-refractivity contribution >= 4 is 22.0 Å². The summed E-state index contributed by atoms with van der Waals surface area (Å²) in [4.78, 5) is 15.8. The van der Waals surface area contributed by atoms with Crippen molar-refractivity contribution in [1.82, 2.24) is 4.31 Å². The first-order chi connectivity index (χ1) is 15.5. The number of amides is 1. The van der Waals surface area contributed by atoms with Crippen LogP contribution in [-0.2, 0) is 31.4 Å². The fourth-order valence-electron chi connectivity index (χ4n) is 4.80. The molecule has 1 amide bonds. The van der Waals surface area contributed by atoms with Gasteiger partial charge in [-0.3, -0.25) is 4.79 Å². The molecule has 2 atom stereocenters. The van der Waals surface area contributed by atoms with E-state index < -0.39 is 15.8 Å². The maximum atomic E-state index is 13.8. The molecule has 3 aromatic carbocycles. The average Bonchev–Trinajstić information content (AvgIpc) is 3.38. The smallest absolute Gasteiger partial charge is 0.239 e. The fourth-order valence-corrected chi connectivity index (χ4v) is 6.34. The van der Waals surface area contributed by atoms with Gasteiger partial charge in [0.05, 0.1) is 25.6 Å². The Kier molecular flexibility index (Phi) is 5.12. The molecule has 1 saturated heterocycles. The molecule has 0 saturated carbocycles. The molecule has 1 fully saturated rings. The minimum Gasteiger partial charge on any atom is -0.593 e. The lowest BCUT2D eigenvalue weighted by Crippen LogP contribution is -2.44. The molecule has 6 nitrogen and oxygen atoms in total. The minimum absolute atomic E-state index is 0.0362. The largest absolute Gasteiger partial charge is 0.593 e. The van der Waals surface area contributed by atoms with Crippen molar-refractivity contribution in [3.8, 4) is 5.75 Å². The summed E-state index contributed by atoms with van der Waals surface area (Å²) in [7, 11) is -2.25. The second-order valence-electron chi connectivity index (χ2n) is 8.24. The molecule has 32 heavy (non-hydrogen) atoms. The number of hydrogen-bond acceptors (Lipinski definition) is 4. The van der Waals surface area contributed by atoms with Crippen LogP contribution in [0, 0.1) is 0 Å². The van der Waals surface area contributed by atoms with Crippen LogP contribution in [0.5, 0.6) is 5.75 Å². The Labute approximate surface area is 188 Å². The molecule has 0 bridgehead atoms. The highest BCUT2D eigenvalue weighted by Crippen LogP contribution is 2.49. The monoisotopic (exact) mass is 448 g/mol. The van der Waals surface area contributed by atoms with Gasteiger partial charge in [-0.05, 0) is 35.7 Å². The maximum Gasteiger partial charge on any atom is 0.239 e. The van der Waals surface area contributed by atoms with Crippen molar-refractivity contribution in [2.24, 2.45) is 0 Å². The summed E-state index contributed by atoms with van der Waals surface area (Å²) in [5.74, 6) is 0.446. The second-order valence-corrected chi connectivity index (χ2v) is 10.2. The van der Waals surface area contributed by atoms with E-state index in [2.05, 4.69) is 0 Å². The number of anilines is 1. The number of sulfonamides is 1. The SMILES string of the molecule is COc1cccc([S+](=O)([O-])N2CCC3(C2)C(=O)N(Cc2ccccc2)c2ccccc23)c1. The lowest BCUT2D eigenvalue weighted by atomic mass is 9.81. The maximum absolute atomic E-state index is 13.8. The molecule has 0 N–H and O–H groups in total. The predicted octanol–water partition coefficient (Wildman–Crippen LogP) is 3.79. The van der Waals surface area contributed by atoms with Crippen LogP contribution in [-0.4, -0.2) is 35.0 Å². The van der Waals surface area contributed by atoms with Crippen molar-refractivity contribution in [3.05, 3.63) is 90.0 Å². The number of carbonyl (C=O) groups excluding carboxylic acids is 1. The molecule has 7 heteroatoms. The summed E-state index contributed by atoms with van der Waals surface area (Å²) >= 11 is 0. The molecule has 164 valence electrons. The van der Waals surface area contributed by atoms with Gasteiger partial charge >= 0.3 is 0 Å². The molecule has 3 aromatic rings. The Hall–Kier alpha value is -3.00. The summed E-state index contributed by atoms with van der Waals surface area (Å²) in [6.07, 6.45) is 0.456. The van der Waals surface area contributed by atoms with Gasteiger partial charge < -0.3 is 14.2 Å². The lowest BCUT2D eigenvalue weighted by molar-refractivity contribution is -0.122. The molecule has 2 unspecified atom stereocenters. The van der Waals surface area contributed by atoms with E-state index in [1.807, 2.05) is 54.6 Å². The number of methoxy groups -OCH3 is 1. The molecule has 0 aromatic heterocycles. The Morgan fingerprint density at radius 3 is 2.56 bits per heavy atom. The number of fused-ring (bicyclic) bond motifs is 2. The Balaban J connectivity index is 1.49. The molecule has 0 radical (unpaired) electrons. The van der Waals surface area contributed by atoms with E-state index in [4.69, 9.17) is 4.74 Å². The van der Waals surface area contributed by atoms with Crippen LogP contribution in [0.15, 0.2) is 83.8 Å². The number of rotatable bonds is 5. The van der Waals surface area contributed by atoms with Crippen LogP contribution >= 0.6 is 0 Å². The van der Waals surface area contributed by atoms with Crippen molar-refractivity contribution in [3.63, 3.8) is 0 Å². The summed E-state index contributed by atoms with van der Waals surface area (Å²) in [6.45, 7) is 0.882. The van der Waals surface area contributed by atoms with Crippen LogP contribution in [0.4, 0.5) is 5.69 Å². The highest BCUT2D eigenvalue weighted by Gasteiger charge is 2.57. The first-order valence-electron chi connectivity index (χ1n) is 10.6. The van der Waals surface area contributed by atoms with Crippen molar-refractivity contribution in [2.75, 3.05) is 25.1 Å². The number of benzene rings is 3. The lowest BCUT2D eigenvalue weighted by Gasteiger charge is -2.27. The van der Waals surface area contributed by atoms with E-state index in [9.17, 15) is 13.6 Å². The van der Waals surface area contributed by atoms with Crippen molar-refractivity contribution in [1.29, 1.82) is 0 Å². The third kappa shape index (κ3) is 3.24. The Morgan fingerprint density at radius 2 is 1.78 bits per heavy atom. The van der Waals surface area contributed by atoms with E-state index in [-0.39, 0.29) is 17.3 Å². The third-order valence-corrected chi connectivity index (χ3v) is 8.30. The zero-order valence-corrected chi connectivity index (χ0v) is 18.6. The van der Waals surface area contributed by atoms with Gasteiger partial charge in [-0.25, -0.2) is 0 Å². The highest BCUT2D eigenvalue weighted by molar-refractivity contribution is 7.95. The molecule has 0 aliphatic carbocycles. The van der Waals surface area contributed by atoms with Gasteiger partial charge in [0.1, 0.15) is 5.75 Å². The third-order valence-electron chi connectivity index (χ3n) is 6.46. The Bertz CT molecular complexity index is 1220. The molecule has 5 rings (SSSR count). The van der Waals surface area contributed by atoms with Crippen molar-refractivity contribution < 1.29 is 18.3 Å². The number of hydrogen-bond donors (Lipinski definition) is 0. The van der Waals surface area contributed by atoms with Crippen LogP contribution in [0.1, 0.15) is 17.5 Å². The summed E-state index contributed by atoms with van der Waals surface area (Å²) in [5, 5.41) is 0. The van der Waals surface area contributed by atoms with Gasteiger partial charge in [0.15, 0.2) is 15.3 Å². The number of para-hydroxylation sites is 1. The van der Waals surface area contributed by atoms with E-state index in [0.29, 0.717) is 25.3 Å². The van der Waals surface area contributed by atoms with Gasteiger partial charge in [0.25, 0.3) is 0 Å². The highest BCUT2D eigenvalue weighted by atomic mass is 32.3. The van der Waals surface area contributed by atoms with E-state index in [0.717, 1.165) is 16.8 Å². The standard InChI is InChI=1S/C25H24N2O4S/c1-31-20-10-7-11-21(16-20)32(29,30)26-15-14-25(18-26)22-12-5-6-13-23(22)27(24(25)28)17-19-8-3-2-4-9-19/h2-13,16H,14-15,17-18H2,1H3. The molecule has 2 heterocycles. The summed E-state index contributed by atoms with van der Waals surface area (Å²) in [6, 6.07) is 24.0. The van der Waals surface area contributed by atoms with Crippen LogP contribution in [0.25, 0.3) is 0 Å². The number of nitrogens with zero attached hydrogens (tertiary/aromatic N) is 2. The Morgan fingerprint density at radius 1 is 1.03 bits per heavy atom. The van der Waals surface area contributed by atoms with Gasteiger partial charge in [0, 0.05) is 18.3 Å². The second kappa shape index (κ2) is 7.85. The molecule has 2 aliphatic heterocycles. The summed E-state index contributed by atoms with van der Waals surface area (Å²) in [5.41, 5.74) is 1.94. The van der Waals surface area contributed by atoms with Gasteiger partial charge in [-0.1, -0.05) is 58.8 Å². The zero-order chi connectivity index (χ0) is 22.3. The fraction of sp³-hybridized carbons (Fsp3) is 0.240. The number of carbonyl (C=O) groups is 1. The number of ether oxygens (including phenoxy) is 1. The van der Waals surface area contributed by atoms with Crippen LogP contribution in [0.2, 0.25) is 0 Å². The quantitative estimate of drug-likeness (QED) is 0.557. The van der Waals surface area contributed by atoms with Gasteiger partial charge in [0.2, 0.25) is 5.91 Å². The van der Waals surface area contributed by atoms with Gasteiger partial charge in [-0.2, -0.15) is 0 Å². The molecular formula is C25H24N2O4S.